The quantitative estimate of drug-likeness (QED) is 0.533. The lowest BCUT2D eigenvalue weighted by atomic mass is 9.98. The van der Waals surface area contributed by atoms with Crippen molar-refractivity contribution in [2.45, 2.75) is 0 Å². The largest absolute Gasteiger partial charge is 0.361 e. The van der Waals surface area contributed by atoms with Gasteiger partial charge in [-0.2, -0.15) is 0 Å². The van der Waals surface area contributed by atoms with E-state index in [1.54, 1.807) is 0 Å². The van der Waals surface area contributed by atoms with Crippen molar-refractivity contribution in [3.05, 3.63) is 84.1 Å². The number of carbonyl (C=O) groups excluding carboxylic acids is 1. The highest BCUT2D eigenvalue weighted by atomic mass is 16.1. The number of hydrogen-bond donors (Lipinski definition) is 1. The van der Waals surface area contributed by atoms with E-state index in [9.17, 15) is 4.79 Å². The molecule has 0 amide bonds. The molecule has 3 aromatic carbocycles. The van der Waals surface area contributed by atoms with Crippen LogP contribution >= 0.6 is 0 Å². The molecule has 4 rings (SSSR count). The van der Waals surface area contributed by atoms with Gasteiger partial charge in [0, 0.05) is 28.2 Å². The Bertz CT molecular complexity index is 965. The van der Waals surface area contributed by atoms with E-state index in [1.807, 2.05) is 66.9 Å². The summed E-state index contributed by atoms with van der Waals surface area (Å²) in [6.07, 6.45) is 1.86. The van der Waals surface area contributed by atoms with E-state index in [-0.39, 0.29) is 5.78 Å². The lowest BCUT2D eigenvalue weighted by Gasteiger charge is -2.05. The first-order valence-corrected chi connectivity index (χ1v) is 6.92. The summed E-state index contributed by atoms with van der Waals surface area (Å²) in [6, 6.07) is 21.7. The minimum absolute atomic E-state index is 0.0611. The van der Waals surface area contributed by atoms with E-state index in [2.05, 4.69) is 11.1 Å². The summed E-state index contributed by atoms with van der Waals surface area (Å²) in [5.41, 5.74) is 2.45. The minimum Gasteiger partial charge on any atom is -0.361 e. The highest BCUT2D eigenvalue weighted by Gasteiger charge is 2.13. The van der Waals surface area contributed by atoms with Gasteiger partial charge in [0.15, 0.2) is 5.78 Å². The van der Waals surface area contributed by atoms with Crippen molar-refractivity contribution in [2.75, 3.05) is 0 Å². The summed E-state index contributed by atoms with van der Waals surface area (Å²) in [5.74, 6) is 0.0611. The summed E-state index contributed by atoms with van der Waals surface area (Å²) < 4.78 is 0. The molecular weight excluding hydrogens is 258 g/mol. The number of rotatable bonds is 2. The fraction of sp³-hybridized carbons (Fsp3) is 0. The number of H-pyrrole nitrogens is 1. The monoisotopic (exact) mass is 271 g/mol. The zero-order chi connectivity index (χ0) is 14.2. The van der Waals surface area contributed by atoms with Crippen molar-refractivity contribution in [3.8, 4) is 0 Å². The van der Waals surface area contributed by atoms with Crippen LogP contribution in [0, 0.1) is 0 Å². The zero-order valence-corrected chi connectivity index (χ0v) is 11.3. The molecule has 1 N–H and O–H groups in total. The average molecular weight is 271 g/mol. The maximum atomic E-state index is 12.8. The highest BCUT2D eigenvalue weighted by molar-refractivity contribution is 6.17. The van der Waals surface area contributed by atoms with E-state index in [1.165, 1.54) is 0 Å². The molecule has 1 heterocycles. The predicted octanol–water partition coefficient (Wildman–Crippen LogP) is 4.55. The molecule has 2 nitrogen and oxygen atoms in total. The van der Waals surface area contributed by atoms with Gasteiger partial charge in [-0.05, 0) is 29.0 Å². The Kier molecular flexibility index (Phi) is 2.61. The Morgan fingerprint density at radius 1 is 0.810 bits per heavy atom. The molecule has 0 aliphatic heterocycles. The van der Waals surface area contributed by atoms with E-state index in [0.717, 1.165) is 32.8 Å². The number of hydrogen-bond acceptors (Lipinski definition) is 1. The van der Waals surface area contributed by atoms with Gasteiger partial charge >= 0.3 is 0 Å². The fourth-order valence-corrected chi connectivity index (χ4v) is 2.77. The molecule has 0 aliphatic rings. The molecule has 21 heavy (non-hydrogen) atoms. The second-order valence-electron chi connectivity index (χ2n) is 5.14. The number of nitrogens with one attached hydrogen (secondary N) is 1. The van der Waals surface area contributed by atoms with Crippen LogP contribution < -0.4 is 0 Å². The van der Waals surface area contributed by atoms with Gasteiger partial charge in [-0.25, -0.2) is 0 Å². The van der Waals surface area contributed by atoms with Gasteiger partial charge in [-0.1, -0.05) is 48.5 Å². The Morgan fingerprint density at radius 3 is 2.57 bits per heavy atom. The molecule has 0 radical (unpaired) electrons. The second-order valence-corrected chi connectivity index (χ2v) is 5.14. The topological polar surface area (TPSA) is 32.9 Å². The molecule has 0 atom stereocenters. The first kappa shape index (κ1) is 11.9. The maximum absolute atomic E-state index is 12.8. The third-order valence-electron chi connectivity index (χ3n) is 3.85. The number of aromatic nitrogens is 1. The fourth-order valence-electron chi connectivity index (χ4n) is 2.77. The Labute approximate surface area is 122 Å². The molecule has 0 saturated carbocycles. The van der Waals surface area contributed by atoms with E-state index >= 15 is 0 Å². The van der Waals surface area contributed by atoms with Gasteiger partial charge in [0.1, 0.15) is 0 Å². The minimum atomic E-state index is 0.0611. The molecule has 0 unspecified atom stereocenters. The van der Waals surface area contributed by atoms with Crippen LogP contribution in [0.5, 0.6) is 0 Å². The predicted molar refractivity (Wildman–Crippen MR) is 85.7 cm³/mol. The molecular formula is C19H13NO. The van der Waals surface area contributed by atoms with E-state index in [4.69, 9.17) is 0 Å². The van der Waals surface area contributed by atoms with Crippen LogP contribution in [-0.4, -0.2) is 10.8 Å². The summed E-state index contributed by atoms with van der Waals surface area (Å²) in [6.45, 7) is 0. The average Bonchev–Trinajstić information content (AvgIpc) is 3.02. The molecule has 0 spiro atoms. The van der Waals surface area contributed by atoms with Crippen molar-refractivity contribution >= 4 is 27.5 Å². The van der Waals surface area contributed by atoms with E-state index in [0.29, 0.717) is 0 Å². The number of fused-ring (bicyclic) bond motifs is 2. The molecule has 2 heteroatoms. The standard InChI is InChI=1S/C19H13NO/c21-19(17-6-3-7-18-16(17)10-11-20-18)15-9-8-13-4-1-2-5-14(13)12-15/h1-12,20H. The number of ketones is 1. The SMILES string of the molecule is O=C(c1ccc2ccccc2c1)c1cccc2[nH]ccc12. The van der Waals surface area contributed by atoms with Crippen molar-refractivity contribution in [3.63, 3.8) is 0 Å². The molecule has 4 aromatic rings. The molecule has 0 saturated heterocycles. The summed E-state index contributed by atoms with van der Waals surface area (Å²) in [7, 11) is 0. The molecule has 0 fully saturated rings. The summed E-state index contributed by atoms with van der Waals surface area (Å²) in [5, 5.41) is 3.20. The summed E-state index contributed by atoms with van der Waals surface area (Å²) in [4.78, 5) is 15.9. The highest BCUT2D eigenvalue weighted by Crippen LogP contribution is 2.23. The van der Waals surface area contributed by atoms with Crippen molar-refractivity contribution in [2.24, 2.45) is 0 Å². The van der Waals surface area contributed by atoms with Crippen LogP contribution in [0.15, 0.2) is 72.9 Å². The third kappa shape index (κ3) is 1.93. The second kappa shape index (κ2) is 4.60. The summed E-state index contributed by atoms with van der Waals surface area (Å²) >= 11 is 0. The van der Waals surface area contributed by atoms with Gasteiger partial charge in [0.2, 0.25) is 0 Å². The molecule has 100 valence electrons. The first-order chi connectivity index (χ1) is 10.3. The lowest BCUT2D eigenvalue weighted by molar-refractivity contribution is 0.104. The van der Waals surface area contributed by atoms with Crippen LogP contribution in [0.3, 0.4) is 0 Å². The molecule has 0 bridgehead atoms. The molecule has 1 aromatic heterocycles. The van der Waals surface area contributed by atoms with Crippen molar-refractivity contribution in [1.82, 2.24) is 4.98 Å². The van der Waals surface area contributed by atoms with Crippen LogP contribution in [0.2, 0.25) is 0 Å². The van der Waals surface area contributed by atoms with Gasteiger partial charge in [0.25, 0.3) is 0 Å². The molecule has 0 aliphatic carbocycles. The third-order valence-corrected chi connectivity index (χ3v) is 3.85. The normalized spacial score (nSPS) is 11.0. The number of benzene rings is 3. The number of carbonyl (C=O) groups is 1. The Hall–Kier alpha value is -2.87. The van der Waals surface area contributed by atoms with Gasteiger partial charge in [0.05, 0.1) is 0 Å². The van der Waals surface area contributed by atoms with Gasteiger partial charge in [-0.15, -0.1) is 0 Å². The van der Waals surface area contributed by atoms with Gasteiger partial charge < -0.3 is 4.98 Å². The van der Waals surface area contributed by atoms with Crippen LogP contribution in [-0.2, 0) is 0 Å². The smallest absolute Gasteiger partial charge is 0.193 e. The van der Waals surface area contributed by atoms with Crippen molar-refractivity contribution < 1.29 is 4.79 Å². The Morgan fingerprint density at radius 2 is 1.67 bits per heavy atom. The first-order valence-electron chi connectivity index (χ1n) is 6.92. The van der Waals surface area contributed by atoms with E-state index < -0.39 is 0 Å². The zero-order valence-electron chi connectivity index (χ0n) is 11.3. The van der Waals surface area contributed by atoms with Gasteiger partial charge in [-0.3, -0.25) is 4.79 Å². The van der Waals surface area contributed by atoms with Crippen LogP contribution in [0.4, 0.5) is 0 Å². The van der Waals surface area contributed by atoms with Crippen LogP contribution in [0.1, 0.15) is 15.9 Å². The van der Waals surface area contributed by atoms with Crippen molar-refractivity contribution in [1.29, 1.82) is 0 Å². The Balaban J connectivity index is 1.88. The van der Waals surface area contributed by atoms with Crippen LogP contribution in [0.25, 0.3) is 21.7 Å². The maximum Gasteiger partial charge on any atom is 0.193 e. The number of aromatic amines is 1. The lowest BCUT2D eigenvalue weighted by Crippen LogP contribution is -2.01.